The summed E-state index contributed by atoms with van der Waals surface area (Å²) in [5.41, 5.74) is 3.68. The molecule has 0 heterocycles. The van der Waals surface area contributed by atoms with Gasteiger partial charge in [-0.2, -0.15) is 0 Å². The van der Waals surface area contributed by atoms with Crippen LogP contribution in [0, 0.1) is 13.8 Å². The van der Waals surface area contributed by atoms with E-state index in [2.05, 4.69) is 5.32 Å². The lowest BCUT2D eigenvalue weighted by Crippen LogP contribution is -2.15. The molecule has 0 fully saturated rings. The van der Waals surface area contributed by atoms with Gasteiger partial charge in [0.2, 0.25) is 5.91 Å². The maximum Gasteiger partial charge on any atom is 0.228 e. The molecular weight excluding hydrogens is 310 g/mol. The van der Waals surface area contributed by atoms with Crippen LogP contribution in [-0.2, 0) is 21.1 Å². The van der Waals surface area contributed by atoms with Gasteiger partial charge in [-0.25, -0.2) is 8.42 Å². The summed E-state index contributed by atoms with van der Waals surface area (Å²) in [4.78, 5) is 12.4. The number of nitrogens with one attached hydrogen (secondary N) is 1. The lowest BCUT2D eigenvalue weighted by Gasteiger charge is -2.10. The lowest BCUT2D eigenvalue weighted by molar-refractivity contribution is -0.115. The number of aryl methyl sites for hydroxylation is 2. The Morgan fingerprint density at radius 2 is 1.70 bits per heavy atom. The van der Waals surface area contributed by atoms with Crippen molar-refractivity contribution < 1.29 is 13.2 Å². The van der Waals surface area contributed by atoms with Crippen LogP contribution in [0.2, 0.25) is 0 Å². The molecule has 23 heavy (non-hydrogen) atoms. The van der Waals surface area contributed by atoms with Gasteiger partial charge < -0.3 is 5.32 Å². The van der Waals surface area contributed by atoms with Gasteiger partial charge in [-0.15, -0.1) is 0 Å². The highest BCUT2D eigenvalue weighted by atomic mass is 32.2. The van der Waals surface area contributed by atoms with Gasteiger partial charge in [0, 0.05) is 5.69 Å². The van der Waals surface area contributed by atoms with E-state index in [9.17, 15) is 13.2 Å². The molecular formula is C18H21NO3S. The van der Waals surface area contributed by atoms with E-state index in [1.54, 1.807) is 31.2 Å². The maximum atomic E-state index is 12.2. The summed E-state index contributed by atoms with van der Waals surface area (Å²) in [6.07, 6.45) is 0.208. The second-order valence-corrected chi connectivity index (χ2v) is 7.87. The number of amides is 1. The topological polar surface area (TPSA) is 63.2 Å². The van der Waals surface area contributed by atoms with Crippen molar-refractivity contribution in [3.05, 3.63) is 59.2 Å². The van der Waals surface area contributed by atoms with Crippen LogP contribution in [0.4, 0.5) is 5.69 Å². The van der Waals surface area contributed by atoms with Crippen molar-refractivity contribution in [1.82, 2.24) is 0 Å². The molecule has 0 unspecified atom stereocenters. The summed E-state index contributed by atoms with van der Waals surface area (Å²) in [6, 6.07) is 12.4. The van der Waals surface area contributed by atoms with Gasteiger partial charge in [-0.05, 0) is 48.7 Å². The molecule has 0 saturated heterocycles. The minimum absolute atomic E-state index is 0.0689. The first-order valence-electron chi connectivity index (χ1n) is 7.50. The van der Waals surface area contributed by atoms with Crippen LogP contribution in [0.5, 0.6) is 0 Å². The molecule has 1 N–H and O–H groups in total. The minimum atomic E-state index is -3.20. The van der Waals surface area contributed by atoms with Crippen LogP contribution < -0.4 is 5.32 Å². The molecule has 0 aliphatic carbocycles. The molecule has 0 aliphatic heterocycles. The fourth-order valence-corrected chi connectivity index (χ4v) is 3.12. The molecule has 0 spiro atoms. The molecule has 122 valence electrons. The zero-order valence-electron chi connectivity index (χ0n) is 13.6. The Labute approximate surface area is 137 Å². The Hall–Kier alpha value is -2.14. The van der Waals surface area contributed by atoms with E-state index in [1.807, 2.05) is 32.0 Å². The highest BCUT2D eigenvalue weighted by Gasteiger charge is 2.12. The third-order valence-corrected chi connectivity index (χ3v) is 5.44. The fourth-order valence-electron chi connectivity index (χ4n) is 2.23. The van der Waals surface area contributed by atoms with Gasteiger partial charge in [0.1, 0.15) is 0 Å². The first-order valence-corrected chi connectivity index (χ1v) is 9.16. The molecule has 5 heteroatoms. The quantitative estimate of drug-likeness (QED) is 0.914. The average molecular weight is 331 g/mol. The molecule has 0 saturated carbocycles. The van der Waals surface area contributed by atoms with Crippen LogP contribution >= 0.6 is 0 Å². The van der Waals surface area contributed by atoms with Gasteiger partial charge in [-0.3, -0.25) is 4.79 Å². The first-order chi connectivity index (χ1) is 10.8. The van der Waals surface area contributed by atoms with Crippen molar-refractivity contribution in [2.45, 2.75) is 32.1 Å². The molecule has 2 rings (SSSR count). The van der Waals surface area contributed by atoms with Crippen molar-refractivity contribution >= 4 is 21.4 Å². The van der Waals surface area contributed by atoms with Crippen LogP contribution in [0.3, 0.4) is 0 Å². The zero-order valence-corrected chi connectivity index (χ0v) is 14.4. The largest absolute Gasteiger partial charge is 0.326 e. The van der Waals surface area contributed by atoms with Gasteiger partial charge >= 0.3 is 0 Å². The molecule has 0 aliphatic rings. The number of carbonyl (C=O) groups excluding carboxylic acids is 1. The van der Waals surface area contributed by atoms with Crippen molar-refractivity contribution in [2.75, 3.05) is 11.1 Å². The Kier molecular flexibility index (Phi) is 5.21. The van der Waals surface area contributed by atoms with E-state index >= 15 is 0 Å². The summed E-state index contributed by atoms with van der Waals surface area (Å²) >= 11 is 0. The first kappa shape index (κ1) is 17.2. The number of rotatable bonds is 5. The third-order valence-electron chi connectivity index (χ3n) is 3.69. The second kappa shape index (κ2) is 6.96. The molecule has 0 bridgehead atoms. The lowest BCUT2D eigenvalue weighted by atomic mass is 10.1. The van der Waals surface area contributed by atoms with Gasteiger partial charge in [-0.1, -0.05) is 31.2 Å². The Bertz CT molecular complexity index is 809. The third kappa shape index (κ3) is 4.42. The normalized spacial score (nSPS) is 11.3. The highest BCUT2D eigenvalue weighted by Crippen LogP contribution is 2.17. The smallest absolute Gasteiger partial charge is 0.228 e. The van der Waals surface area contributed by atoms with E-state index < -0.39 is 9.84 Å². The Morgan fingerprint density at radius 1 is 1.04 bits per heavy atom. The van der Waals surface area contributed by atoms with Crippen LogP contribution in [0.25, 0.3) is 0 Å². The average Bonchev–Trinajstić information content (AvgIpc) is 2.51. The van der Waals surface area contributed by atoms with E-state index in [0.717, 1.165) is 22.4 Å². The maximum absolute atomic E-state index is 12.2. The number of sulfone groups is 1. The number of anilines is 1. The number of hydrogen-bond donors (Lipinski definition) is 1. The molecule has 2 aromatic rings. The predicted molar refractivity (Wildman–Crippen MR) is 92.4 cm³/mol. The molecule has 0 atom stereocenters. The highest BCUT2D eigenvalue weighted by molar-refractivity contribution is 7.91. The second-order valence-electron chi connectivity index (χ2n) is 5.59. The molecule has 1 amide bonds. The summed E-state index contributed by atoms with van der Waals surface area (Å²) in [7, 11) is -3.20. The van der Waals surface area contributed by atoms with Gasteiger partial charge in [0.05, 0.1) is 17.1 Å². The van der Waals surface area contributed by atoms with Crippen molar-refractivity contribution in [3.8, 4) is 0 Å². The van der Waals surface area contributed by atoms with Crippen molar-refractivity contribution in [2.24, 2.45) is 0 Å². The summed E-state index contributed by atoms with van der Waals surface area (Å²) < 4.78 is 23.5. The minimum Gasteiger partial charge on any atom is -0.326 e. The monoisotopic (exact) mass is 331 g/mol. The van der Waals surface area contributed by atoms with Crippen LogP contribution in [0.1, 0.15) is 23.6 Å². The zero-order chi connectivity index (χ0) is 17.0. The Morgan fingerprint density at radius 3 is 2.30 bits per heavy atom. The van der Waals surface area contributed by atoms with E-state index in [4.69, 9.17) is 0 Å². The van der Waals surface area contributed by atoms with Crippen LogP contribution in [-0.4, -0.2) is 20.1 Å². The molecule has 4 nitrogen and oxygen atoms in total. The van der Waals surface area contributed by atoms with E-state index in [1.165, 1.54) is 0 Å². The van der Waals surface area contributed by atoms with Crippen molar-refractivity contribution in [1.29, 1.82) is 0 Å². The predicted octanol–water partition coefficient (Wildman–Crippen LogP) is 3.28. The van der Waals surface area contributed by atoms with Gasteiger partial charge in [0.15, 0.2) is 9.84 Å². The summed E-state index contributed by atoms with van der Waals surface area (Å²) in [6.45, 7) is 5.53. The molecule has 2 aromatic carbocycles. The van der Waals surface area contributed by atoms with Crippen LogP contribution in [0.15, 0.2) is 47.4 Å². The summed E-state index contributed by atoms with van der Waals surface area (Å²) in [5, 5.41) is 2.90. The van der Waals surface area contributed by atoms with E-state index in [-0.39, 0.29) is 18.1 Å². The Balaban J connectivity index is 2.07. The molecule has 0 radical (unpaired) electrons. The number of benzene rings is 2. The van der Waals surface area contributed by atoms with Gasteiger partial charge in [0.25, 0.3) is 0 Å². The fraction of sp³-hybridized carbons (Fsp3) is 0.278. The summed E-state index contributed by atoms with van der Waals surface area (Å²) in [5.74, 6) is -0.0516. The molecule has 0 aromatic heterocycles. The standard InChI is InChI=1S/C18H21NO3S/c1-4-23(21,22)16-9-7-15(8-10-16)12-18(20)19-17-11-13(2)5-6-14(17)3/h5-11H,4,12H2,1-3H3,(H,19,20). The van der Waals surface area contributed by atoms with E-state index in [0.29, 0.717) is 4.90 Å². The van der Waals surface area contributed by atoms with Crippen molar-refractivity contribution in [3.63, 3.8) is 0 Å². The number of hydrogen-bond acceptors (Lipinski definition) is 3. The SMILES string of the molecule is CCS(=O)(=O)c1ccc(CC(=O)Nc2cc(C)ccc2C)cc1. The number of carbonyl (C=O) groups is 1.